The number of carbonyl (C=O) groups excluding carboxylic acids is 1. The number of nitrogens with one attached hydrogen (secondary N) is 1. The Labute approximate surface area is 130 Å². The van der Waals surface area contributed by atoms with Gasteiger partial charge >= 0.3 is 0 Å². The van der Waals surface area contributed by atoms with Gasteiger partial charge in [0.15, 0.2) is 0 Å². The zero-order chi connectivity index (χ0) is 16.3. The van der Waals surface area contributed by atoms with Gasteiger partial charge in [0.1, 0.15) is 5.75 Å². The summed E-state index contributed by atoms with van der Waals surface area (Å²) >= 11 is 0. The number of phenols is 1. The topological polar surface area (TPSA) is 69.6 Å². The second-order valence-corrected chi connectivity index (χ2v) is 5.67. The largest absolute Gasteiger partial charge is 0.508 e. The summed E-state index contributed by atoms with van der Waals surface area (Å²) in [5.41, 5.74) is 3.28. The predicted molar refractivity (Wildman–Crippen MR) is 85.9 cm³/mol. The molecular formula is C18H21NO3. The van der Waals surface area contributed by atoms with Crippen LogP contribution in [0.5, 0.6) is 5.75 Å². The van der Waals surface area contributed by atoms with Gasteiger partial charge in [0.05, 0.1) is 12.1 Å². The van der Waals surface area contributed by atoms with E-state index in [1.54, 1.807) is 19.1 Å². The zero-order valence-electron chi connectivity index (χ0n) is 13.0. The fourth-order valence-corrected chi connectivity index (χ4v) is 2.43. The molecule has 1 amide bonds. The Bertz CT molecular complexity index is 644. The predicted octanol–water partition coefficient (Wildman–Crippen LogP) is 2.86. The summed E-state index contributed by atoms with van der Waals surface area (Å²) in [5, 5.41) is 22.4. The molecule has 2 rings (SSSR count). The van der Waals surface area contributed by atoms with Gasteiger partial charge in [-0.05, 0) is 50.6 Å². The van der Waals surface area contributed by atoms with Gasteiger partial charge in [-0.2, -0.15) is 0 Å². The van der Waals surface area contributed by atoms with Gasteiger partial charge in [0.25, 0.3) is 5.91 Å². The number of phenolic OH excluding ortho intramolecular Hbond substituents is 1. The molecule has 116 valence electrons. The van der Waals surface area contributed by atoms with Gasteiger partial charge in [-0.15, -0.1) is 0 Å². The maximum atomic E-state index is 12.3. The van der Waals surface area contributed by atoms with Crippen molar-refractivity contribution in [1.29, 1.82) is 0 Å². The minimum Gasteiger partial charge on any atom is -0.508 e. The molecule has 0 spiro atoms. The molecule has 0 aromatic heterocycles. The zero-order valence-corrected chi connectivity index (χ0v) is 13.0. The smallest absolute Gasteiger partial charge is 0.251 e. The molecule has 0 heterocycles. The SMILES string of the molecule is Cc1cc(C)cc(C(=O)N[C@H](C)[C@@H](O)c2ccc(O)cc2)c1. The third-order valence-corrected chi connectivity index (χ3v) is 3.55. The number of rotatable bonds is 4. The van der Waals surface area contributed by atoms with Crippen molar-refractivity contribution in [2.24, 2.45) is 0 Å². The van der Waals surface area contributed by atoms with E-state index in [1.165, 1.54) is 12.1 Å². The first kappa shape index (κ1) is 16.0. The molecule has 4 heteroatoms. The number of aromatic hydroxyl groups is 1. The van der Waals surface area contributed by atoms with Gasteiger partial charge in [-0.25, -0.2) is 0 Å². The molecule has 0 radical (unpaired) electrons. The van der Waals surface area contributed by atoms with E-state index in [0.717, 1.165) is 11.1 Å². The van der Waals surface area contributed by atoms with Crippen LogP contribution in [0.1, 0.15) is 40.1 Å². The van der Waals surface area contributed by atoms with Gasteiger partial charge in [0.2, 0.25) is 0 Å². The van der Waals surface area contributed by atoms with Crippen LogP contribution in [0.4, 0.5) is 0 Å². The lowest BCUT2D eigenvalue weighted by molar-refractivity contribution is 0.0852. The molecule has 0 bridgehead atoms. The first-order chi connectivity index (χ1) is 10.4. The van der Waals surface area contributed by atoms with Crippen molar-refractivity contribution in [3.63, 3.8) is 0 Å². The van der Waals surface area contributed by atoms with Crippen LogP contribution in [0, 0.1) is 13.8 Å². The summed E-state index contributed by atoms with van der Waals surface area (Å²) in [7, 11) is 0. The van der Waals surface area contributed by atoms with Crippen LogP contribution < -0.4 is 5.32 Å². The fourth-order valence-electron chi connectivity index (χ4n) is 2.43. The van der Waals surface area contributed by atoms with Crippen molar-refractivity contribution in [2.45, 2.75) is 32.9 Å². The lowest BCUT2D eigenvalue weighted by Crippen LogP contribution is -2.37. The molecule has 2 aromatic carbocycles. The van der Waals surface area contributed by atoms with Crippen molar-refractivity contribution in [2.75, 3.05) is 0 Å². The summed E-state index contributed by atoms with van der Waals surface area (Å²) in [6, 6.07) is 11.5. The van der Waals surface area contributed by atoms with Crippen LogP contribution in [-0.4, -0.2) is 22.2 Å². The molecule has 2 aromatic rings. The number of amides is 1. The summed E-state index contributed by atoms with van der Waals surface area (Å²) in [5.74, 6) is -0.0694. The van der Waals surface area contributed by atoms with Crippen LogP contribution in [0.2, 0.25) is 0 Å². The van der Waals surface area contributed by atoms with E-state index in [-0.39, 0.29) is 11.7 Å². The monoisotopic (exact) mass is 299 g/mol. The average Bonchev–Trinajstić information content (AvgIpc) is 2.46. The van der Waals surface area contributed by atoms with Gasteiger partial charge in [0, 0.05) is 5.56 Å². The van der Waals surface area contributed by atoms with Crippen LogP contribution in [0.15, 0.2) is 42.5 Å². The van der Waals surface area contributed by atoms with Crippen molar-refractivity contribution < 1.29 is 15.0 Å². The molecular weight excluding hydrogens is 278 g/mol. The number of aryl methyl sites for hydroxylation is 2. The molecule has 0 saturated heterocycles. The number of aliphatic hydroxyl groups is 1. The van der Waals surface area contributed by atoms with E-state index >= 15 is 0 Å². The van der Waals surface area contributed by atoms with E-state index in [9.17, 15) is 15.0 Å². The standard InChI is InChI=1S/C18H21NO3/c1-11-8-12(2)10-15(9-11)18(22)19-13(3)17(21)14-4-6-16(20)7-5-14/h4-10,13,17,20-21H,1-3H3,(H,19,22)/t13-,17-/m1/s1. The molecule has 0 aliphatic carbocycles. The number of aliphatic hydroxyl groups excluding tert-OH is 1. The quantitative estimate of drug-likeness (QED) is 0.813. The lowest BCUT2D eigenvalue weighted by Gasteiger charge is -2.21. The maximum absolute atomic E-state index is 12.3. The number of hydrogen-bond acceptors (Lipinski definition) is 3. The first-order valence-electron chi connectivity index (χ1n) is 7.23. The third kappa shape index (κ3) is 3.86. The van der Waals surface area contributed by atoms with E-state index < -0.39 is 12.1 Å². The molecule has 4 nitrogen and oxygen atoms in total. The molecule has 0 fully saturated rings. The van der Waals surface area contributed by atoms with E-state index in [0.29, 0.717) is 11.1 Å². The molecule has 0 aliphatic heterocycles. The molecule has 0 saturated carbocycles. The first-order valence-corrected chi connectivity index (χ1v) is 7.23. The van der Waals surface area contributed by atoms with E-state index in [1.807, 2.05) is 32.0 Å². The Morgan fingerprint density at radius 3 is 2.14 bits per heavy atom. The summed E-state index contributed by atoms with van der Waals surface area (Å²) in [4.78, 5) is 12.3. The highest BCUT2D eigenvalue weighted by molar-refractivity contribution is 5.94. The minimum absolute atomic E-state index is 0.142. The van der Waals surface area contributed by atoms with Crippen molar-refractivity contribution in [3.05, 3.63) is 64.7 Å². The third-order valence-electron chi connectivity index (χ3n) is 3.55. The minimum atomic E-state index is -0.838. The fraction of sp³-hybridized carbons (Fsp3) is 0.278. The highest BCUT2D eigenvalue weighted by atomic mass is 16.3. The highest BCUT2D eigenvalue weighted by Crippen LogP contribution is 2.20. The van der Waals surface area contributed by atoms with Crippen molar-refractivity contribution in [1.82, 2.24) is 5.32 Å². The summed E-state index contributed by atoms with van der Waals surface area (Å²) in [6.45, 7) is 5.63. The van der Waals surface area contributed by atoms with Crippen LogP contribution in [0.25, 0.3) is 0 Å². The Morgan fingerprint density at radius 2 is 1.59 bits per heavy atom. The van der Waals surface area contributed by atoms with Crippen LogP contribution in [0.3, 0.4) is 0 Å². The second kappa shape index (κ2) is 6.62. The Hall–Kier alpha value is -2.33. The number of carbonyl (C=O) groups is 1. The Morgan fingerprint density at radius 1 is 1.05 bits per heavy atom. The molecule has 0 aliphatic rings. The van der Waals surface area contributed by atoms with Crippen molar-refractivity contribution >= 4 is 5.91 Å². The van der Waals surface area contributed by atoms with Crippen LogP contribution in [-0.2, 0) is 0 Å². The summed E-state index contributed by atoms with van der Waals surface area (Å²) in [6.07, 6.45) is -0.838. The van der Waals surface area contributed by atoms with Crippen molar-refractivity contribution in [3.8, 4) is 5.75 Å². The molecule has 22 heavy (non-hydrogen) atoms. The normalized spacial score (nSPS) is 13.5. The Kier molecular flexibility index (Phi) is 4.83. The Balaban J connectivity index is 2.08. The van der Waals surface area contributed by atoms with Gasteiger partial charge in [-0.3, -0.25) is 4.79 Å². The second-order valence-electron chi connectivity index (χ2n) is 5.67. The maximum Gasteiger partial charge on any atom is 0.251 e. The molecule has 3 N–H and O–H groups in total. The average molecular weight is 299 g/mol. The van der Waals surface area contributed by atoms with Gasteiger partial charge in [-0.1, -0.05) is 29.3 Å². The van der Waals surface area contributed by atoms with E-state index in [2.05, 4.69) is 5.32 Å². The summed E-state index contributed by atoms with van der Waals surface area (Å²) < 4.78 is 0. The highest BCUT2D eigenvalue weighted by Gasteiger charge is 2.19. The van der Waals surface area contributed by atoms with Gasteiger partial charge < -0.3 is 15.5 Å². The van der Waals surface area contributed by atoms with Crippen LogP contribution >= 0.6 is 0 Å². The number of benzene rings is 2. The lowest BCUT2D eigenvalue weighted by atomic mass is 10.0. The number of hydrogen-bond donors (Lipinski definition) is 3. The molecule has 2 atom stereocenters. The molecule has 0 unspecified atom stereocenters. The van der Waals surface area contributed by atoms with E-state index in [4.69, 9.17) is 0 Å².